The monoisotopic (exact) mass is 237 g/mol. The number of rotatable bonds is 1. The van der Waals surface area contributed by atoms with E-state index in [1.54, 1.807) is 6.07 Å². The van der Waals surface area contributed by atoms with Crippen LogP contribution in [0.3, 0.4) is 0 Å². The molecule has 0 spiro atoms. The Balaban J connectivity index is 2.45. The van der Waals surface area contributed by atoms with E-state index >= 15 is 0 Å². The highest BCUT2D eigenvalue weighted by atomic mass is 16.1. The molecule has 0 aliphatic rings. The van der Waals surface area contributed by atoms with Crippen molar-refractivity contribution in [2.45, 2.75) is 0 Å². The molecule has 3 aromatic rings. The van der Waals surface area contributed by atoms with Gasteiger partial charge in [-0.05, 0) is 12.1 Å². The standard InChI is InChI=1S/C14H11N3O/c15-10-7-4-8-11-12(10)13(17-14(18)16-11)9-5-2-1-3-6-9/h1-8H,15H2,(H,16,17,18). The van der Waals surface area contributed by atoms with Crippen LogP contribution in [0.4, 0.5) is 5.69 Å². The molecule has 88 valence electrons. The molecule has 3 N–H and O–H groups in total. The average molecular weight is 237 g/mol. The fraction of sp³-hybridized carbons (Fsp3) is 0. The Labute approximate surface area is 103 Å². The van der Waals surface area contributed by atoms with Gasteiger partial charge in [0.1, 0.15) is 0 Å². The Morgan fingerprint density at radius 1 is 1.00 bits per heavy atom. The van der Waals surface area contributed by atoms with Gasteiger partial charge in [-0.2, -0.15) is 4.98 Å². The molecule has 0 saturated carbocycles. The number of anilines is 1. The van der Waals surface area contributed by atoms with Gasteiger partial charge in [-0.1, -0.05) is 36.4 Å². The van der Waals surface area contributed by atoms with Gasteiger partial charge >= 0.3 is 5.69 Å². The number of nitrogen functional groups attached to an aromatic ring is 1. The molecular weight excluding hydrogens is 226 g/mol. The molecule has 1 heterocycles. The number of hydrogen-bond acceptors (Lipinski definition) is 3. The molecule has 0 amide bonds. The maximum atomic E-state index is 11.6. The third-order valence-corrected chi connectivity index (χ3v) is 2.84. The van der Waals surface area contributed by atoms with Gasteiger partial charge in [0.15, 0.2) is 0 Å². The quantitative estimate of drug-likeness (QED) is 0.637. The van der Waals surface area contributed by atoms with Crippen LogP contribution in [0.2, 0.25) is 0 Å². The lowest BCUT2D eigenvalue weighted by Crippen LogP contribution is -2.12. The Hall–Kier alpha value is -2.62. The highest BCUT2D eigenvalue weighted by Gasteiger charge is 2.09. The van der Waals surface area contributed by atoms with Crippen LogP contribution in [0.5, 0.6) is 0 Å². The molecule has 0 fully saturated rings. The Kier molecular flexibility index (Phi) is 2.34. The second kappa shape index (κ2) is 4.00. The number of nitrogens with one attached hydrogen (secondary N) is 1. The summed E-state index contributed by atoms with van der Waals surface area (Å²) in [5, 5.41) is 0.781. The van der Waals surface area contributed by atoms with E-state index in [2.05, 4.69) is 9.97 Å². The number of aromatic nitrogens is 2. The average Bonchev–Trinajstić information content (AvgIpc) is 2.39. The minimum atomic E-state index is -0.369. The lowest BCUT2D eigenvalue weighted by molar-refractivity contribution is 1.12. The van der Waals surface area contributed by atoms with E-state index in [1.807, 2.05) is 42.5 Å². The molecule has 0 aliphatic carbocycles. The molecule has 0 saturated heterocycles. The first-order valence-corrected chi connectivity index (χ1v) is 5.59. The number of nitrogens with zero attached hydrogens (tertiary/aromatic N) is 1. The highest BCUT2D eigenvalue weighted by Crippen LogP contribution is 2.28. The lowest BCUT2D eigenvalue weighted by Gasteiger charge is -2.07. The minimum absolute atomic E-state index is 0.369. The van der Waals surface area contributed by atoms with Crippen LogP contribution in [0, 0.1) is 0 Å². The van der Waals surface area contributed by atoms with Crippen molar-refractivity contribution in [1.82, 2.24) is 9.97 Å². The Morgan fingerprint density at radius 2 is 1.78 bits per heavy atom. The molecule has 18 heavy (non-hydrogen) atoms. The van der Waals surface area contributed by atoms with E-state index in [-0.39, 0.29) is 5.69 Å². The van der Waals surface area contributed by atoms with Crippen molar-refractivity contribution in [3.05, 3.63) is 59.0 Å². The smallest absolute Gasteiger partial charge is 0.345 e. The number of benzene rings is 2. The fourth-order valence-corrected chi connectivity index (χ4v) is 2.04. The van der Waals surface area contributed by atoms with Crippen molar-refractivity contribution >= 4 is 16.6 Å². The summed E-state index contributed by atoms with van der Waals surface area (Å²) in [6, 6.07) is 15.0. The predicted molar refractivity (Wildman–Crippen MR) is 72.2 cm³/mol. The van der Waals surface area contributed by atoms with Crippen LogP contribution in [-0.2, 0) is 0 Å². The number of H-pyrrole nitrogens is 1. The van der Waals surface area contributed by atoms with Gasteiger partial charge < -0.3 is 10.7 Å². The van der Waals surface area contributed by atoms with Crippen molar-refractivity contribution in [1.29, 1.82) is 0 Å². The Bertz CT molecular complexity index is 763. The highest BCUT2D eigenvalue weighted by molar-refractivity contribution is 6.00. The van der Waals surface area contributed by atoms with Gasteiger partial charge in [-0.25, -0.2) is 4.79 Å². The van der Waals surface area contributed by atoms with Crippen LogP contribution in [-0.4, -0.2) is 9.97 Å². The predicted octanol–water partition coefficient (Wildman–Crippen LogP) is 2.17. The molecule has 0 radical (unpaired) electrons. The molecule has 4 nitrogen and oxygen atoms in total. The summed E-state index contributed by atoms with van der Waals surface area (Å²) >= 11 is 0. The zero-order valence-corrected chi connectivity index (χ0v) is 9.55. The second-order valence-electron chi connectivity index (χ2n) is 4.03. The lowest BCUT2D eigenvalue weighted by atomic mass is 10.1. The summed E-state index contributed by atoms with van der Waals surface area (Å²) < 4.78 is 0. The van der Waals surface area contributed by atoms with Gasteiger partial charge in [0.05, 0.1) is 11.2 Å². The molecule has 4 heteroatoms. The first-order chi connectivity index (χ1) is 8.75. The van der Waals surface area contributed by atoms with Crippen LogP contribution in [0.15, 0.2) is 53.3 Å². The van der Waals surface area contributed by atoms with Gasteiger partial charge in [-0.15, -0.1) is 0 Å². The summed E-state index contributed by atoms with van der Waals surface area (Å²) in [5.74, 6) is 0. The van der Waals surface area contributed by atoms with Crippen LogP contribution in [0.1, 0.15) is 0 Å². The van der Waals surface area contributed by atoms with Crippen LogP contribution >= 0.6 is 0 Å². The van der Waals surface area contributed by atoms with E-state index in [0.29, 0.717) is 16.9 Å². The molecule has 1 aromatic heterocycles. The third-order valence-electron chi connectivity index (χ3n) is 2.84. The van der Waals surface area contributed by atoms with E-state index < -0.39 is 0 Å². The van der Waals surface area contributed by atoms with Gasteiger partial charge in [0, 0.05) is 16.6 Å². The van der Waals surface area contributed by atoms with Crippen molar-refractivity contribution < 1.29 is 0 Å². The van der Waals surface area contributed by atoms with Crippen LogP contribution in [0.25, 0.3) is 22.2 Å². The van der Waals surface area contributed by atoms with E-state index in [4.69, 9.17) is 5.73 Å². The number of hydrogen-bond donors (Lipinski definition) is 2. The van der Waals surface area contributed by atoms with Crippen LogP contribution < -0.4 is 11.4 Å². The van der Waals surface area contributed by atoms with Gasteiger partial charge in [-0.3, -0.25) is 0 Å². The van der Waals surface area contributed by atoms with E-state index in [1.165, 1.54) is 0 Å². The maximum absolute atomic E-state index is 11.6. The summed E-state index contributed by atoms with van der Waals surface area (Å²) in [6.07, 6.45) is 0. The number of fused-ring (bicyclic) bond motifs is 1. The fourth-order valence-electron chi connectivity index (χ4n) is 2.04. The van der Waals surface area contributed by atoms with E-state index in [0.717, 1.165) is 10.9 Å². The number of aromatic amines is 1. The Morgan fingerprint density at radius 3 is 2.56 bits per heavy atom. The largest absolute Gasteiger partial charge is 0.398 e. The topological polar surface area (TPSA) is 71.8 Å². The third kappa shape index (κ3) is 1.64. The number of nitrogens with two attached hydrogens (primary N) is 1. The second-order valence-corrected chi connectivity index (χ2v) is 4.03. The molecule has 0 atom stereocenters. The van der Waals surface area contributed by atoms with Crippen molar-refractivity contribution in [3.63, 3.8) is 0 Å². The van der Waals surface area contributed by atoms with Gasteiger partial charge in [0.2, 0.25) is 0 Å². The maximum Gasteiger partial charge on any atom is 0.345 e. The zero-order chi connectivity index (χ0) is 12.5. The molecule has 0 unspecified atom stereocenters. The molecule has 2 aromatic carbocycles. The summed E-state index contributed by atoms with van der Waals surface area (Å²) in [4.78, 5) is 18.3. The minimum Gasteiger partial charge on any atom is -0.398 e. The van der Waals surface area contributed by atoms with Gasteiger partial charge in [0.25, 0.3) is 0 Å². The molecule has 0 bridgehead atoms. The van der Waals surface area contributed by atoms with E-state index in [9.17, 15) is 4.79 Å². The zero-order valence-electron chi connectivity index (χ0n) is 9.55. The summed E-state index contributed by atoms with van der Waals surface area (Å²) in [6.45, 7) is 0. The van der Waals surface area contributed by atoms with Crippen molar-refractivity contribution in [3.8, 4) is 11.3 Å². The molecule has 3 rings (SSSR count). The molecule has 0 aliphatic heterocycles. The van der Waals surface area contributed by atoms with Crippen molar-refractivity contribution in [2.75, 3.05) is 5.73 Å². The van der Waals surface area contributed by atoms with Crippen molar-refractivity contribution in [2.24, 2.45) is 0 Å². The summed E-state index contributed by atoms with van der Waals surface area (Å²) in [5.41, 5.74) is 8.42. The SMILES string of the molecule is Nc1cccc2[nH]c(=O)nc(-c3ccccc3)c12. The first kappa shape index (κ1) is 10.5. The molecular formula is C14H11N3O. The normalized spacial score (nSPS) is 10.7. The summed E-state index contributed by atoms with van der Waals surface area (Å²) in [7, 11) is 0. The first-order valence-electron chi connectivity index (χ1n) is 5.59.